The summed E-state index contributed by atoms with van der Waals surface area (Å²) in [5.74, 6) is -0.501. The summed E-state index contributed by atoms with van der Waals surface area (Å²) in [6, 6.07) is 4.24. The molecule has 156 valence electrons. The average molecular weight is 412 g/mol. The molecule has 2 rings (SSSR count). The molecule has 10 heteroatoms. The summed E-state index contributed by atoms with van der Waals surface area (Å²) < 4.78 is 25.8. The van der Waals surface area contributed by atoms with Gasteiger partial charge in [-0.1, -0.05) is 12.8 Å². The summed E-state index contributed by atoms with van der Waals surface area (Å²) in [6.45, 7) is 2.38. The van der Waals surface area contributed by atoms with Gasteiger partial charge in [0.05, 0.1) is 22.8 Å². The van der Waals surface area contributed by atoms with Crippen molar-refractivity contribution >= 4 is 33.3 Å². The van der Waals surface area contributed by atoms with Crippen LogP contribution in [0.5, 0.6) is 0 Å². The highest BCUT2D eigenvalue weighted by molar-refractivity contribution is 7.89. The summed E-state index contributed by atoms with van der Waals surface area (Å²) in [7, 11) is -0.690. The van der Waals surface area contributed by atoms with E-state index in [1.807, 2.05) is 6.92 Å². The molecule has 0 saturated heterocycles. The number of hydrogen-bond donors (Lipinski definition) is 4. The van der Waals surface area contributed by atoms with Crippen LogP contribution < -0.4 is 21.3 Å². The molecule has 0 atom stereocenters. The zero-order valence-corrected chi connectivity index (χ0v) is 17.4. The molecule has 1 saturated carbocycles. The average Bonchev–Trinajstić information content (AvgIpc) is 3.13. The molecule has 1 aromatic rings. The van der Waals surface area contributed by atoms with Crippen LogP contribution >= 0.6 is 0 Å². The standard InChI is InChI=1S/C18H29N5O4S/c1-4-19-15-10-9-14(28(26,27)23(2)3)11-16(15)20-12-17(24)22-18(25)21-13-7-5-6-8-13/h9-11,13,19-20H,4-8,12H2,1-3H3,(H2,21,22,24,25). The molecule has 0 aliphatic heterocycles. The fraction of sp³-hybridized carbons (Fsp3) is 0.556. The largest absolute Gasteiger partial charge is 0.384 e. The van der Waals surface area contributed by atoms with E-state index in [0.29, 0.717) is 17.9 Å². The van der Waals surface area contributed by atoms with Crippen molar-refractivity contribution in [1.29, 1.82) is 0 Å². The van der Waals surface area contributed by atoms with Gasteiger partial charge in [0.15, 0.2) is 0 Å². The SMILES string of the molecule is CCNc1ccc(S(=O)(=O)N(C)C)cc1NCC(=O)NC(=O)NC1CCCC1. The van der Waals surface area contributed by atoms with Crippen molar-refractivity contribution < 1.29 is 18.0 Å². The molecule has 1 aliphatic rings. The predicted octanol–water partition coefficient (Wildman–Crippen LogP) is 1.55. The van der Waals surface area contributed by atoms with E-state index in [-0.39, 0.29) is 17.5 Å². The lowest BCUT2D eigenvalue weighted by Crippen LogP contribution is -2.45. The number of nitrogens with one attached hydrogen (secondary N) is 4. The molecule has 3 amide bonds. The topological polar surface area (TPSA) is 120 Å². The third-order valence-electron chi connectivity index (χ3n) is 4.52. The molecule has 4 N–H and O–H groups in total. The molecule has 0 unspecified atom stereocenters. The molecule has 0 spiro atoms. The zero-order chi connectivity index (χ0) is 20.7. The normalized spacial score (nSPS) is 14.7. The Balaban J connectivity index is 2.02. The number of sulfonamides is 1. The number of urea groups is 1. The number of benzene rings is 1. The number of carbonyl (C=O) groups is 2. The van der Waals surface area contributed by atoms with Crippen molar-refractivity contribution in [3.8, 4) is 0 Å². The first-order valence-corrected chi connectivity index (χ1v) is 10.8. The third kappa shape index (κ3) is 5.83. The molecule has 0 radical (unpaired) electrons. The van der Waals surface area contributed by atoms with Crippen LogP contribution in [-0.4, -0.2) is 57.9 Å². The first kappa shape index (κ1) is 22.0. The van der Waals surface area contributed by atoms with Crippen molar-refractivity contribution in [3.63, 3.8) is 0 Å². The number of anilines is 2. The van der Waals surface area contributed by atoms with Gasteiger partial charge in [0.25, 0.3) is 0 Å². The number of hydrogen-bond acceptors (Lipinski definition) is 6. The Morgan fingerprint density at radius 2 is 1.79 bits per heavy atom. The minimum atomic E-state index is -3.60. The number of imide groups is 1. The molecular weight excluding hydrogens is 382 g/mol. The lowest BCUT2D eigenvalue weighted by molar-refractivity contribution is -0.118. The Morgan fingerprint density at radius 1 is 1.11 bits per heavy atom. The van der Waals surface area contributed by atoms with Crippen LogP contribution in [0.3, 0.4) is 0 Å². The number of amides is 3. The maximum Gasteiger partial charge on any atom is 0.321 e. The molecule has 9 nitrogen and oxygen atoms in total. The minimum absolute atomic E-state index is 0.112. The van der Waals surface area contributed by atoms with Gasteiger partial charge in [-0.15, -0.1) is 0 Å². The van der Waals surface area contributed by atoms with E-state index < -0.39 is 22.0 Å². The summed E-state index contributed by atoms with van der Waals surface area (Å²) >= 11 is 0. The summed E-state index contributed by atoms with van der Waals surface area (Å²) in [5, 5.41) is 11.1. The van der Waals surface area contributed by atoms with Gasteiger partial charge in [-0.2, -0.15) is 0 Å². The van der Waals surface area contributed by atoms with Gasteiger partial charge in [-0.3, -0.25) is 10.1 Å². The molecule has 1 aliphatic carbocycles. The van der Waals surface area contributed by atoms with Crippen LogP contribution in [0.15, 0.2) is 23.1 Å². The van der Waals surface area contributed by atoms with Crippen molar-refractivity contribution in [2.75, 3.05) is 37.8 Å². The van der Waals surface area contributed by atoms with Crippen molar-refractivity contribution in [2.24, 2.45) is 0 Å². The highest BCUT2D eigenvalue weighted by atomic mass is 32.2. The maximum absolute atomic E-state index is 12.3. The summed E-state index contributed by atoms with van der Waals surface area (Å²) in [6.07, 6.45) is 4.03. The smallest absolute Gasteiger partial charge is 0.321 e. The second kappa shape index (κ2) is 9.74. The second-order valence-electron chi connectivity index (χ2n) is 6.88. The van der Waals surface area contributed by atoms with Crippen LogP contribution in [0.2, 0.25) is 0 Å². The molecule has 1 fully saturated rings. The molecule has 28 heavy (non-hydrogen) atoms. The third-order valence-corrected chi connectivity index (χ3v) is 6.33. The molecule has 0 heterocycles. The van der Waals surface area contributed by atoms with Crippen molar-refractivity contribution in [2.45, 2.75) is 43.5 Å². The highest BCUT2D eigenvalue weighted by Crippen LogP contribution is 2.26. The van der Waals surface area contributed by atoms with Crippen molar-refractivity contribution in [1.82, 2.24) is 14.9 Å². The van der Waals surface area contributed by atoms with E-state index in [1.54, 1.807) is 6.07 Å². The highest BCUT2D eigenvalue weighted by Gasteiger charge is 2.20. The molecule has 0 bridgehead atoms. The van der Waals surface area contributed by atoms with Gasteiger partial charge in [0.1, 0.15) is 0 Å². The van der Waals surface area contributed by atoms with Crippen LogP contribution in [0, 0.1) is 0 Å². The maximum atomic E-state index is 12.3. The molecule has 0 aromatic heterocycles. The first-order valence-electron chi connectivity index (χ1n) is 9.38. The van der Waals surface area contributed by atoms with E-state index in [4.69, 9.17) is 0 Å². The van der Waals surface area contributed by atoms with Gasteiger partial charge in [0.2, 0.25) is 15.9 Å². The zero-order valence-electron chi connectivity index (χ0n) is 16.5. The van der Waals surface area contributed by atoms with Gasteiger partial charge in [0, 0.05) is 26.7 Å². The Labute approximate surface area is 166 Å². The molecule has 1 aromatic carbocycles. The van der Waals surface area contributed by atoms with Crippen LogP contribution in [0.1, 0.15) is 32.6 Å². The Kier molecular flexibility index (Phi) is 7.64. The Bertz CT molecular complexity index is 804. The second-order valence-corrected chi connectivity index (χ2v) is 9.03. The Morgan fingerprint density at radius 3 is 2.39 bits per heavy atom. The van der Waals surface area contributed by atoms with E-state index in [1.165, 1.54) is 26.2 Å². The van der Waals surface area contributed by atoms with Gasteiger partial charge >= 0.3 is 6.03 Å². The number of carbonyl (C=O) groups excluding carboxylic acids is 2. The monoisotopic (exact) mass is 411 g/mol. The lowest BCUT2D eigenvalue weighted by atomic mass is 10.2. The minimum Gasteiger partial charge on any atom is -0.384 e. The van der Waals surface area contributed by atoms with E-state index in [9.17, 15) is 18.0 Å². The first-order chi connectivity index (χ1) is 13.2. The van der Waals surface area contributed by atoms with Gasteiger partial charge < -0.3 is 16.0 Å². The fourth-order valence-electron chi connectivity index (χ4n) is 3.02. The fourth-order valence-corrected chi connectivity index (χ4v) is 3.95. The van der Waals surface area contributed by atoms with E-state index in [2.05, 4.69) is 21.3 Å². The lowest BCUT2D eigenvalue weighted by Gasteiger charge is -2.17. The molecular formula is C18H29N5O4S. The number of rotatable bonds is 8. The van der Waals surface area contributed by atoms with Gasteiger partial charge in [-0.25, -0.2) is 17.5 Å². The van der Waals surface area contributed by atoms with Crippen LogP contribution in [-0.2, 0) is 14.8 Å². The summed E-state index contributed by atoms with van der Waals surface area (Å²) in [5.41, 5.74) is 1.14. The number of nitrogens with zero attached hydrogens (tertiary/aromatic N) is 1. The van der Waals surface area contributed by atoms with Crippen molar-refractivity contribution in [3.05, 3.63) is 18.2 Å². The van der Waals surface area contributed by atoms with Gasteiger partial charge in [-0.05, 0) is 38.0 Å². The predicted molar refractivity (Wildman–Crippen MR) is 109 cm³/mol. The van der Waals surface area contributed by atoms with E-state index >= 15 is 0 Å². The summed E-state index contributed by atoms with van der Waals surface area (Å²) in [4.78, 5) is 24.1. The Hall–Kier alpha value is -2.33. The van der Waals surface area contributed by atoms with Crippen LogP contribution in [0.4, 0.5) is 16.2 Å². The van der Waals surface area contributed by atoms with E-state index in [0.717, 1.165) is 30.0 Å². The van der Waals surface area contributed by atoms with Crippen LogP contribution in [0.25, 0.3) is 0 Å². The quantitative estimate of drug-likeness (QED) is 0.515.